The van der Waals surface area contributed by atoms with Crippen LogP contribution in [0.3, 0.4) is 0 Å². The molecule has 0 aliphatic heterocycles. The number of hydrogen-bond acceptors (Lipinski definition) is 22. The van der Waals surface area contributed by atoms with Gasteiger partial charge in [0.1, 0.15) is 0 Å². The predicted molar refractivity (Wildman–Crippen MR) is 205 cm³/mol. The van der Waals surface area contributed by atoms with Gasteiger partial charge >= 0.3 is 68.3 Å². The van der Waals surface area contributed by atoms with Gasteiger partial charge in [-0.25, -0.2) is 0 Å². The molecule has 0 aromatic heterocycles. The van der Waals surface area contributed by atoms with E-state index in [0.717, 1.165) is 0 Å². The van der Waals surface area contributed by atoms with Gasteiger partial charge in [0.2, 0.25) is 0 Å². The molecule has 16 N–H and O–H groups in total. The molecule has 0 spiro atoms. The van der Waals surface area contributed by atoms with E-state index in [2.05, 4.69) is 20.0 Å². The van der Waals surface area contributed by atoms with Gasteiger partial charge in [-0.1, -0.05) is 55.4 Å². The molecule has 0 unspecified atom stereocenters. The molecule has 0 bridgehead atoms. The summed E-state index contributed by atoms with van der Waals surface area (Å²) >= 11 is 0. The van der Waals surface area contributed by atoms with Crippen molar-refractivity contribution in [3.05, 3.63) is 0 Å². The number of nitrogens with two attached hydrogens (primary N) is 4. The van der Waals surface area contributed by atoms with Crippen molar-refractivity contribution in [2.75, 3.05) is 52.4 Å². The average molecular weight is 1120 g/mol. The SMILES string of the molecule is CC(C)(CN)CN=C([O-])C([O-])=NCC(C)(C)CN.CC(C)(CN)CN=C([O-])C([O-])=NCC(C)(C)CN.O.O.O.O.O=C1C(=O)C(=O)C(=O)C1=O.O=C1C(=O)C(=O)C(=O)C1=O.[Cu+2].[Cu+2].[Cu+2].[Cu+2]. The summed E-state index contributed by atoms with van der Waals surface area (Å²) in [5.74, 6) is -18.4. The van der Waals surface area contributed by atoms with Crippen LogP contribution in [0.25, 0.3) is 0 Å². The third-order valence-electron chi connectivity index (χ3n) is 7.24. The van der Waals surface area contributed by atoms with Gasteiger partial charge in [-0.3, -0.25) is 67.9 Å². The number of ketones is 10. The first kappa shape index (κ1) is 83.8. The second kappa shape index (κ2) is 36.5. The second-order valence-corrected chi connectivity index (χ2v) is 15.3. The van der Waals surface area contributed by atoms with Crippen molar-refractivity contribution in [2.45, 2.75) is 55.4 Å². The zero-order valence-corrected chi connectivity index (χ0v) is 39.4. The Kier molecular flexibility index (Phi) is 47.9. The zero-order chi connectivity index (χ0) is 44.6. The van der Waals surface area contributed by atoms with Crippen LogP contribution in [0.15, 0.2) is 20.0 Å². The molecule has 2 rings (SSSR count). The number of carbonyl (C=O) groups is 10. The quantitative estimate of drug-likeness (QED) is 0.0610. The number of rotatable bonds is 12. The molecule has 0 saturated heterocycles. The summed E-state index contributed by atoms with van der Waals surface area (Å²) in [4.78, 5) is 117. The normalized spacial score (nSPS) is 14.4. The van der Waals surface area contributed by atoms with Gasteiger partial charge in [0.05, 0.1) is 0 Å². The van der Waals surface area contributed by atoms with Gasteiger partial charge in [0.15, 0.2) is 0 Å². The molecule has 30 heteroatoms. The monoisotopic (exact) mass is 1120 g/mol. The topological polar surface area (TPSA) is 542 Å². The van der Waals surface area contributed by atoms with Crippen molar-refractivity contribution in [3.63, 3.8) is 0 Å². The minimum Gasteiger partial charge on any atom is -0.858 e. The van der Waals surface area contributed by atoms with E-state index in [4.69, 9.17) is 22.9 Å². The van der Waals surface area contributed by atoms with E-state index < -0.39 is 81.4 Å². The predicted octanol–water partition coefficient (Wildman–Crippen LogP) is -10.7. The molecule has 2 aliphatic rings. The van der Waals surface area contributed by atoms with Gasteiger partial charge in [-0.05, 0) is 71.4 Å². The Morgan fingerprint density at radius 2 is 0.422 bits per heavy atom. The Morgan fingerprint density at radius 1 is 0.328 bits per heavy atom. The maximum absolute atomic E-state index is 11.4. The van der Waals surface area contributed by atoms with Gasteiger partial charge in [-0.2, -0.15) is 0 Å². The molecule has 4 radical (unpaired) electrons. The molecular formula is C34H56Cu4N8O18+4. The van der Waals surface area contributed by atoms with Crippen LogP contribution in [0.4, 0.5) is 0 Å². The van der Waals surface area contributed by atoms with E-state index in [1.807, 2.05) is 55.4 Å². The number of hydrogen-bond donors (Lipinski definition) is 4. The average Bonchev–Trinajstić information content (AvgIpc) is 3.43. The smallest absolute Gasteiger partial charge is 0.858 e. The van der Waals surface area contributed by atoms with Crippen LogP contribution in [0.5, 0.6) is 0 Å². The third kappa shape index (κ3) is 29.7. The largest absolute Gasteiger partial charge is 2.00 e. The number of nitrogens with zero attached hydrogens (tertiary/aromatic N) is 4. The Labute approximate surface area is 410 Å². The summed E-state index contributed by atoms with van der Waals surface area (Å²) in [7, 11) is 0. The fourth-order valence-corrected chi connectivity index (χ4v) is 2.70. The van der Waals surface area contributed by atoms with Crippen LogP contribution in [0.1, 0.15) is 55.4 Å². The van der Waals surface area contributed by atoms with E-state index in [0.29, 0.717) is 26.2 Å². The first-order valence-corrected chi connectivity index (χ1v) is 16.5. The van der Waals surface area contributed by atoms with Crippen molar-refractivity contribution in [3.8, 4) is 0 Å². The standard InChI is InChI=1S/2C12H26N4O2.2C5O5.4Cu.4H2O/c2*1-11(2,5-13)7-15-9(17)10(18)16-8-12(3,4)6-14;2*6-1-2(7)4(9)5(10)3(1)8;;;;;;;;/h2*5-8,13-14H2,1-4H3,(H,15,17)(H,16,18);;;;;;;4*1H2/q;;;;4*+2;;;;/p-4. The van der Waals surface area contributed by atoms with Gasteiger partial charge in [-0.15, -0.1) is 0 Å². The molecule has 26 nitrogen and oxygen atoms in total. The van der Waals surface area contributed by atoms with Crippen LogP contribution in [-0.2, 0) is 116 Å². The Morgan fingerprint density at radius 3 is 0.500 bits per heavy atom. The van der Waals surface area contributed by atoms with Crippen molar-refractivity contribution in [1.82, 2.24) is 0 Å². The maximum Gasteiger partial charge on any atom is 2.00 e. The number of carbonyl (C=O) groups excluding carboxylic acids is 10. The van der Waals surface area contributed by atoms with E-state index in [9.17, 15) is 68.4 Å². The van der Waals surface area contributed by atoms with Gasteiger partial charge in [0.25, 0.3) is 57.8 Å². The molecule has 0 atom stereocenters. The Hall–Kier alpha value is -3.66. The molecule has 2 aliphatic carbocycles. The first-order valence-electron chi connectivity index (χ1n) is 16.5. The Bertz CT molecular complexity index is 1380. The molecule has 0 aromatic rings. The van der Waals surface area contributed by atoms with E-state index in [1.54, 1.807) is 0 Å². The Balaban J connectivity index is -0.0000000749. The number of Topliss-reactive ketones (excluding diaryl/α,β-unsaturated/α-hetero) is 10. The minimum atomic E-state index is -1.52. The van der Waals surface area contributed by atoms with Crippen LogP contribution in [0, 0.1) is 21.7 Å². The summed E-state index contributed by atoms with van der Waals surface area (Å²) < 4.78 is 0. The van der Waals surface area contributed by atoms with Crippen molar-refractivity contribution in [1.29, 1.82) is 0 Å². The van der Waals surface area contributed by atoms with Crippen molar-refractivity contribution >= 4 is 81.4 Å². The van der Waals surface area contributed by atoms with Crippen LogP contribution < -0.4 is 43.4 Å². The van der Waals surface area contributed by atoms with Gasteiger partial charge < -0.3 is 65.3 Å². The van der Waals surface area contributed by atoms with E-state index >= 15 is 0 Å². The summed E-state index contributed by atoms with van der Waals surface area (Å²) in [5, 5.41) is 45.7. The zero-order valence-electron chi connectivity index (χ0n) is 35.7. The minimum absolute atomic E-state index is 0. The molecule has 0 aromatic carbocycles. The molecule has 0 heterocycles. The van der Waals surface area contributed by atoms with Crippen molar-refractivity contribution < 1.29 is 159 Å². The van der Waals surface area contributed by atoms with Crippen LogP contribution in [-0.4, -0.2) is 156 Å². The number of aliphatic imine (C=N–C) groups is 4. The summed E-state index contributed by atoms with van der Waals surface area (Å²) in [6.45, 7) is 17.5. The molecule has 2 fully saturated rings. The fourth-order valence-electron chi connectivity index (χ4n) is 2.70. The van der Waals surface area contributed by atoms with Crippen LogP contribution >= 0.6 is 0 Å². The molecule has 380 valence electrons. The van der Waals surface area contributed by atoms with Crippen molar-refractivity contribution in [2.24, 2.45) is 64.6 Å². The first-order chi connectivity index (χ1) is 25.4. The molecule has 0 amide bonds. The molecule has 64 heavy (non-hydrogen) atoms. The summed E-state index contributed by atoms with van der Waals surface area (Å²) in [5.41, 5.74) is 20.9. The molecular weight excluding hydrogens is 1060 g/mol. The fraction of sp³-hybridized carbons (Fsp3) is 0.588. The van der Waals surface area contributed by atoms with E-state index in [-0.39, 0.29) is 138 Å². The third-order valence-corrected chi connectivity index (χ3v) is 7.24. The summed E-state index contributed by atoms with van der Waals surface area (Å²) in [6.07, 6.45) is 0. The van der Waals surface area contributed by atoms with Crippen LogP contribution in [0.2, 0.25) is 0 Å². The maximum atomic E-state index is 11.4. The molecule has 2 saturated carbocycles. The van der Waals surface area contributed by atoms with Gasteiger partial charge in [0, 0.05) is 26.2 Å². The summed E-state index contributed by atoms with van der Waals surface area (Å²) in [6, 6.07) is 0. The van der Waals surface area contributed by atoms with E-state index in [1.165, 1.54) is 0 Å². The second-order valence-electron chi connectivity index (χ2n) is 15.3.